The molecule has 0 bridgehead atoms. The number of carbonyl (C=O) groups is 1. The highest BCUT2D eigenvalue weighted by Crippen LogP contribution is 2.38. The van der Waals surface area contributed by atoms with Crippen LogP contribution >= 0.6 is 35.7 Å². The number of amides is 1. The number of halogens is 1. The van der Waals surface area contributed by atoms with Gasteiger partial charge >= 0.3 is 6.09 Å². The van der Waals surface area contributed by atoms with Gasteiger partial charge in [-0.2, -0.15) is 11.8 Å². The number of thioether (sulfide) groups is 1. The number of guanidine groups is 1. The van der Waals surface area contributed by atoms with Gasteiger partial charge in [-0.25, -0.2) is 4.79 Å². The molecule has 1 aliphatic carbocycles. The fourth-order valence-corrected chi connectivity index (χ4v) is 4.61. The Labute approximate surface area is 207 Å². The molecule has 2 N–H and O–H groups in total. The summed E-state index contributed by atoms with van der Waals surface area (Å²) >= 11 is 1.81. The second-order valence-electron chi connectivity index (χ2n) is 9.11. The van der Waals surface area contributed by atoms with Crippen molar-refractivity contribution >= 4 is 47.8 Å². The third-order valence-electron chi connectivity index (χ3n) is 5.65. The number of hydrogen-bond donors (Lipinski definition) is 2. The Morgan fingerprint density at radius 1 is 1.35 bits per heavy atom. The molecular weight excluding hydrogens is 527 g/mol. The molecule has 1 aromatic heterocycles. The smallest absolute Gasteiger partial charge is 0.407 e. The molecule has 2 fully saturated rings. The number of nitrogens with zero attached hydrogens (tertiary/aromatic N) is 2. The largest absolute Gasteiger partial charge is 0.469 e. The van der Waals surface area contributed by atoms with E-state index < -0.39 is 5.60 Å². The van der Waals surface area contributed by atoms with Crippen molar-refractivity contribution in [1.29, 1.82) is 0 Å². The maximum absolute atomic E-state index is 12.3. The van der Waals surface area contributed by atoms with Gasteiger partial charge in [-0.3, -0.25) is 4.99 Å². The SMILES string of the molecule is CSCCN=C(NCCc1ccco1)N1CC2CCC(NC(=O)OC(C)(C)C)C2C1.I. The molecule has 0 spiro atoms. The Kier molecular flexibility index (Phi) is 10.3. The van der Waals surface area contributed by atoms with Gasteiger partial charge in [-0.05, 0) is 57.9 Å². The lowest BCUT2D eigenvalue weighted by molar-refractivity contribution is 0.0492. The summed E-state index contributed by atoms with van der Waals surface area (Å²) in [4.78, 5) is 19.5. The number of nitrogens with one attached hydrogen (secondary N) is 2. The van der Waals surface area contributed by atoms with E-state index in [1.165, 1.54) is 0 Å². The first-order chi connectivity index (χ1) is 14.4. The van der Waals surface area contributed by atoms with Crippen LogP contribution in [0.3, 0.4) is 0 Å². The molecular formula is C22H37IN4O3S. The van der Waals surface area contributed by atoms with Crippen LogP contribution in [0.4, 0.5) is 4.79 Å². The van der Waals surface area contributed by atoms with E-state index in [1.54, 1.807) is 18.0 Å². The summed E-state index contributed by atoms with van der Waals surface area (Å²) in [5.41, 5.74) is -0.473. The van der Waals surface area contributed by atoms with Crippen molar-refractivity contribution in [3.05, 3.63) is 24.2 Å². The first kappa shape index (κ1) is 26.2. The number of aliphatic imine (C=N–C) groups is 1. The average Bonchev–Trinajstić information content (AvgIpc) is 3.38. The molecule has 9 heteroatoms. The third kappa shape index (κ3) is 8.07. The highest BCUT2D eigenvalue weighted by Gasteiger charge is 2.44. The lowest BCUT2D eigenvalue weighted by Crippen LogP contribution is -2.45. The molecule has 2 heterocycles. The Morgan fingerprint density at radius 3 is 2.84 bits per heavy atom. The van der Waals surface area contributed by atoms with Crippen LogP contribution in [0.15, 0.2) is 27.8 Å². The number of fused-ring (bicyclic) bond motifs is 1. The number of rotatable bonds is 7. The lowest BCUT2D eigenvalue weighted by atomic mass is 9.98. The van der Waals surface area contributed by atoms with Gasteiger partial charge in [0, 0.05) is 43.8 Å². The van der Waals surface area contributed by atoms with Gasteiger partial charge in [0.25, 0.3) is 0 Å². The third-order valence-corrected chi connectivity index (χ3v) is 6.24. The van der Waals surface area contributed by atoms with E-state index >= 15 is 0 Å². The fourth-order valence-electron chi connectivity index (χ4n) is 4.34. The molecule has 1 amide bonds. The Bertz CT molecular complexity index is 708. The minimum absolute atomic E-state index is 0. The Hall–Kier alpha value is -1.10. The second-order valence-corrected chi connectivity index (χ2v) is 10.1. The van der Waals surface area contributed by atoms with Gasteiger partial charge in [-0.1, -0.05) is 0 Å². The molecule has 1 aromatic rings. The maximum Gasteiger partial charge on any atom is 0.407 e. The van der Waals surface area contributed by atoms with Gasteiger partial charge in [0.2, 0.25) is 0 Å². The van der Waals surface area contributed by atoms with Crippen molar-refractivity contribution < 1.29 is 13.9 Å². The molecule has 0 radical (unpaired) electrons. The summed E-state index contributed by atoms with van der Waals surface area (Å²) < 4.78 is 10.9. The van der Waals surface area contributed by atoms with Crippen molar-refractivity contribution in [3.8, 4) is 0 Å². The predicted molar refractivity (Wildman–Crippen MR) is 137 cm³/mol. The topological polar surface area (TPSA) is 79.1 Å². The van der Waals surface area contributed by atoms with Crippen molar-refractivity contribution in [2.24, 2.45) is 16.8 Å². The van der Waals surface area contributed by atoms with Crippen molar-refractivity contribution in [2.45, 2.75) is 51.7 Å². The van der Waals surface area contributed by atoms with Gasteiger partial charge in [0.1, 0.15) is 11.4 Å². The summed E-state index contributed by atoms with van der Waals surface area (Å²) in [6, 6.07) is 4.09. The molecule has 1 saturated heterocycles. The first-order valence-electron chi connectivity index (χ1n) is 10.9. The number of ether oxygens (including phenoxy) is 1. The van der Waals surface area contributed by atoms with E-state index in [-0.39, 0.29) is 36.1 Å². The number of hydrogen-bond acceptors (Lipinski definition) is 5. The summed E-state index contributed by atoms with van der Waals surface area (Å²) in [5.74, 6) is 3.98. The highest BCUT2D eigenvalue weighted by molar-refractivity contribution is 14.0. The van der Waals surface area contributed by atoms with E-state index in [1.807, 2.05) is 32.9 Å². The van der Waals surface area contributed by atoms with Crippen LogP contribution in [0.25, 0.3) is 0 Å². The molecule has 1 saturated carbocycles. The van der Waals surface area contributed by atoms with Gasteiger partial charge in [-0.15, -0.1) is 24.0 Å². The van der Waals surface area contributed by atoms with Crippen LogP contribution in [0.2, 0.25) is 0 Å². The minimum atomic E-state index is -0.473. The molecule has 7 nitrogen and oxygen atoms in total. The summed E-state index contributed by atoms with van der Waals surface area (Å²) in [5, 5.41) is 6.65. The van der Waals surface area contributed by atoms with E-state index in [4.69, 9.17) is 14.1 Å². The van der Waals surface area contributed by atoms with Crippen LogP contribution in [-0.2, 0) is 11.2 Å². The van der Waals surface area contributed by atoms with Crippen molar-refractivity contribution in [3.63, 3.8) is 0 Å². The number of furan rings is 1. The monoisotopic (exact) mass is 564 g/mol. The summed E-state index contributed by atoms with van der Waals surface area (Å²) in [6.07, 6.45) is 6.49. The Balaban J connectivity index is 0.00000341. The zero-order valence-electron chi connectivity index (χ0n) is 19.1. The first-order valence-corrected chi connectivity index (χ1v) is 12.3. The molecule has 3 unspecified atom stereocenters. The van der Waals surface area contributed by atoms with Crippen LogP contribution in [0.1, 0.15) is 39.4 Å². The molecule has 0 aromatic carbocycles. The maximum atomic E-state index is 12.3. The molecule has 31 heavy (non-hydrogen) atoms. The standard InChI is InChI=1S/C22H36N4O3S.HI/c1-22(2,3)29-21(27)25-19-8-7-16-14-26(15-18(16)19)20(24-11-13-30-4)23-10-9-17-6-5-12-28-17;/h5-6,12,16,18-19H,7-11,13-15H2,1-4H3,(H,23,24)(H,25,27);1H. The van der Waals surface area contributed by atoms with Gasteiger partial charge in [0.05, 0.1) is 12.8 Å². The number of carbonyl (C=O) groups excluding carboxylic acids is 1. The second kappa shape index (κ2) is 12.2. The fraction of sp³-hybridized carbons (Fsp3) is 0.727. The minimum Gasteiger partial charge on any atom is -0.469 e. The van der Waals surface area contributed by atoms with Crippen molar-refractivity contribution in [1.82, 2.24) is 15.5 Å². The van der Waals surface area contributed by atoms with Crippen LogP contribution in [0.5, 0.6) is 0 Å². The zero-order valence-corrected chi connectivity index (χ0v) is 22.2. The number of alkyl carbamates (subject to hydrolysis) is 1. The van der Waals surface area contributed by atoms with E-state index in [2.05, 4.69) is 21.8 Å². The van der Waals surface area contributed by atoms with Crippen LogP contribution in [-0.4, -0.2) is 66.8 Å². The number of likely N-dealkylation sites (tertiary alicyclic amines) is 1. The van der Waals surface area contributed by atoms with E-state index in [0.29, 0.717) is 11.8 Å². The summed E-state index contributed by atoms with van der Waals surface area (Å²) in [6.45, 7) is 9.18. The van der Waals surface area contributed by atoms with E-state index in [9.17, 15) is 4.79 Å². The van der Waals surface area contributed by atoms with Crippen molar-refractivity contribution in [2.75, 3.05) is 38.2 Å². The Morgan fingerprint density at radius 2 is 2.16 bits per heavy atom. The zero-order chi connectivity index (χ0) is 21.6. The lowest BCUT2D eigenvalue weighted by Gasteiger charge is -2.26. The molecule has 3 atom stereocenters. The molecule has 3 rings (SSSR count). The van der Waals surface area contributed by atoms with Gasteiger partial charge < -0.3 is 24.7 Å². The quantitative estimate of drug-likeness (QED) is 0.226. The van der Waals surface area contributed by atoms with Gasteiger partial charge in [0.15, 0.2) is 5.96 Å². The van der Waals surface area contributed by atoms with Crippen LogP contribution < -0.4 is 10.6 Å². The molecule has 2 aliphatic rings. The normalized spacial score (nSPS) is 23.3. The van der Waals surface area contributed by atoms with E-state index in [0.717, 1.165) is 62.9 Å². The molecule has 176 valence electrons. The average molecular weight is 565 g/mol. The highest BCUT2D eigenvalue weighted by atomic mass is 127. The van der Waals surface area contributed by atoms with Crippen LogP contribution in [0, 0.1) is 11.8 Å². The summed E-state index contributed by atoms with van der Waals surface area (Å²) in [7, 11) is 0. The molecule has 1 aliphatic heterocycles. The predicted octanol–water partition coefficient (Wildman–Crippen LogP) is 3.98.